The van der Waals surface area contributed by atoms with Crippen LogP contribution in [-0.2, 0) is 0 Å². The Labute approximate surface area is 121 Å². The summed E-state index contributed by atoms with van der Waals surface area (Å²) in [6, 6.07) is 5.82. The SMILES string of the molecule is CCC(CC)(CCl)CNC(=O)c1cccc(C)c1C. The van der Waals surface area contributed by atoms with Crippen molar-refractivity contribution in [2.24, 2.45) is 5.41 Å². The number of nitrogens with one attached hydrogen (secondary N) is 1. The van der Waals surface area contributed by atoms with Crippen molar-refractivity contribution in [3.8, 4) is 0 Å². The van der Waals surface area contributed by atoms with Crippen LogP contribution in [0.25, 0.3) is 0 Å². The summed E-state index contributed by atoms with van der Waals surface area (Å²) in [4.78, 5) is 12.3. The molecule has 0 fully saturated rings. The number of halogens is 1. The van der Waals surface area contributed by atoms with E-state index in [1.807, 2.05) is 32.0 Å². The van der Waals surface area contributed by atoms with Gasteiger partial charge in [0.15, 0.2) is 0 Å². The van der Waals surface area contributed by atoms with Gasteiger partial charge in [0.2, 0.25) is 0 Å². The van der Waals surface area contributed by atoms with Crippen LogP contribution in [0.15, 0.2) is 18.2 Å². The van der Waals surface area contributed by atoms with Gasteiger partial charge in [-0.25, -0.2) is 0 Å². The van der Waals surface area contributed by atoms with Crippen molar-refractivity contribution in [2.75, 3.05) is 12.4 Å². The van der Waals surface area contributed by atoms with Gasteiger partial charge in [-0.15, -0.1) is 11.6 Å². The molecule has 1 aromatic carbocycles. The van der Waals surface area contributed by atoms with Gasteiger partial charge in [-0.3, -0.25) is 4.79 Å². The van der Waals surface area contributed by atoms with Gasteiger partial charge in [0, 0.05) is 23.4 Å². The molecule has 0 saturated heterocycles. The van der Waals surface area contributed by atoms with Crippen LogP contribution in [0.5, 0.6) is 0 Å². The molecule has 0 saturated carbocycles. The highest BCUT2D eigenvalue weighted by Gasteiger charge is 2.26. The quantitative estimate of drug-likeness (QED) is 0.782. The standard InChI is InChI=1S/C16H24ClNO/c1-5-16(6-2,10-17)11-18-15(19)14-9-7-8-12(3)13(14)4/h7-9H,5-6,10-11H2,1-4H3,(H,18,19). The normalized spacial score (nSPS) is 11.4. The first-order valence-electron chi connectivity index (χ1n) is 6.90. The highest BCUT2D eigenvalue weighted by Crippen LogP contribution is 2.27. The average molecular weight is 282 g/mol. The van der Waals surface area contributed by atoms with E-state index in [4.69, 9.17) is 11.6 Å². The summed E-state index contributed by atoms with van der Waals surface area (Å²) >= 11 is 6.06. The lowest BCUT2D eigenvalue weighted by molar-refractivity contribution is 0.0931. The lowest BCUT2D eigenvalue weighted by Gasteiger charge is -2.29. The van der Waals surface area contributed by atoms with Crippen LogP contribution in [0.2, 0.25) is 0 Å². The molecular weight excluding hydrogens is 258 g/mol. The fourth-order valence-electron chi connectivity index (χ4n) is 2.10. The van der Waals surface area contributed by atoms with Gasteiger partial charge in [0.25, 0.3) is 5.91 Å². The Balaban J connectivity index is 2.78. The summed E-state index contributed by atoms with van der Waals surface area (Å²) in [6.07, 6.45) is 1.94. The lowest BCUT2D eigenvalue weighted by Crippen LogP contribution is -2.38. The van der Waals surface area contributed by atoms with Crippen LogP contribution >= 0.6 is 11.6 Å². The maximum Gasteiger partial charge on any atom is 0.251 e. The molecule has 2 nitrogen and oxygen atoms in total. The van der Waals surface area contributed by atoms with E-state index in [-0.39, 0.29) is 11.3 Å². The molecule has 0 aliphatic carbocycles. The second kappa shape index (κ2) is 6.95. The van der Waals surface area contributed by atoms with Crippen molar-refractivity contribution < 1.29 is 4.79 Å². The molecule has 0 bridgehead atoms. The summed E-state index contributed by atoms with van der Waals surface area (Å²) in [5.74, 6) is 0.574. The molecule has 0 radical (unpaired) electrons. The first-order chi connectivity index (χ1) is 8.99. The molecule has 3 heteroatoms. The molecule has 1 rings (SSSR count). The van der Waals surface area contributed by atoms with Gasteiger partial charge < -0.3 is 5.32 Å². The van der Waals surface area contributed by atoms with E-state index < -0.39 is 0 Å². The number of rotatable bonds is 6. The molecule has 106 valence electrons. The lowest BCUT2D eigenvalue weighted by atomic mass is 9.84. The summed E-state index contributed by atoms with van der Waals surface area (Å²) in [7, 11) is 0. The highest BCUT2D eigenvalue weighted by molar-refractivity contribution is 6.18. The van der Waals surface area contributed by atoms with E-state index in [1.54, 1.807) is 0 Å². The van der Waals surface area contributed by atoms with Crippen LogP contribution in [-0.4, -0.2) is 18.3 Å². The van der Waals surface area contributed by atoms with Gasteiger partial charge in [0.1, 0.15) is 0 Å². The van der Waals surface area contributed by atoms with Crippen LogP contribution in [0.1, 0.15) is 48.2 Å². The Morgan fingerprint density at radius 1 is 1.26 bits per heavy atom. The topological polar surface area (TPSA) is 29.1 Å². The first kappa shape index (κ1) is 16.0. The Kier molecular flexibility index (Phi) is 5.86. The molecule has 0 aliphatic rings. The minimum Gasteiger partial charge on any atom is -0.351 e. The molecule has 1 N–H and O–H groups in total. The van der Waals surface area contributed by atoms with Crippen molar-refractivity contribution in [3.05, 3.63) is 34.9 Å². The molecule has 0 heterocycles. The molecule has 0 spiro atoms. The van der Waals surface area contributed by atoms with E-state index in [9.17, 15) is 4.79 Å². The summed E-state index contributed by atoms with van der Waals surface area (Å²) in [5.41, 5.74) is 2.96. The Bertz CT molecular complexity index is 430. The van der Waals surface area contributed by atoms with Gasteiger partial charge in [-0.2, -0.15) is 0 Å². The molecule has 1 amide bonds. The van der Waals surface area contributed by atoms with Crippen molar-refractivity contribution in [3.63, 3.8) is 0 Å². The number of aryl methyl sites for hydroxylation is 1. The van der Waals surface area contributed by atoms with Crippen molar-refractivity contribution in [1.29, 1.82) is 0 Å². The number of hydrogen-bond donors (Lipinski definition) is 1. The molecule has 0 aliphatic heterocycles. The maximum absolute atomic E-state index is 12.3. The van der Waals surface area contributed by atoms with Crippen molar-refractivity contribution >= 4 is 17.5 Å². The first-order valence-corrected chi connectivity index (χ1v) is 7.43. The molecule has 0 atom stereocenters. The average Bonchev–Trinajstić information content (AvgIpc) is 2.44. The zero-order valence-corrected chi connectivity index (χ0v) is 13.1. The predicted molar refractivity (Wildman–Crippen MR) is 82.0 cm³/mol. The van der Waals surface area contributed by atoms with Gasteiger partial charge in [0.05, 0.1) is 0 Å². The Hall–Kier alpha value is -1.02. The van der Waals surface area contributed by atoms with E-state index in [2.05, 4.69) is 19.2 Å². The van der Waals surface area contributed by atoms with Crippen LogP contribution in [0.4, 0.5) is 0 Å². The second-order valence-electron chi connectivity index (χ2n) is 5.27. The minimum absolute atomic E-state index is 0.00223. The van der Waals surface area contributed by atoms with Crippen LogP contribution in [0, 0.1) is 19.3 Å². The number of amides is 1. The predicted octanol–water partition coefficient (Wildman–Crippen LogP) is 4.08. The van der Waals surface area contributed by atoms with Crippen LogP contribution < -0.4 is 5.32 Å². The number of alkyl halides is 1. The monoisotopic (exact) mass is 281 g/mol. The largest absolute Gasteiger partial charge is 0.351 e. The maximum atomic E-state index is 12.3. The van der Waals surface area contributed by atoms with E-state index in [0.29, 0.717) is 12.4 Å². The molecule has 1 aromatic rings. The van der Waals surface area contributed by atoms with Crippen molar-refractivity contribution in [2.45, 2.75) is 40.5 Å². The van der Waals surface area contributed by atoms with Gasteiger partial charge in [-0.1, -0.05) is 26.0 Å². The van der Waals surface area contributed by atoms with Gasteiger partial charge in [-0.05, 0) is 43.9 Å². The number of benzene rings is 1. The summed E-state index contributed by atoms with van der Waals surface area (Å²) in [6.45, 7) is 8.88. The fraction of sp³-hybridized carbons (Fsp3) is 0.562. The number of hydrogen-bond acceptors (Lipinski definition) is 1. The van der Waals surface area contributed by atoms with Crippen LogP contribution in [0.3, 0.4) is 0 Å². The molecule has 0 unspecified atom stereocenters. The Morgan fingerprint density at radius 2 is 1.89 bits per heavy atom. The third kappa shape index (κ3) is 3.73. The third-order valence-corrected chi connectivity index (χ3v) is 4.82. The van der Waals surface area contributed by atoms with E-state index in [0.717, 1.165) is 29.5 Å². The molecule has 19 heavy (non-hydrogen) atoms. The number of carbonyl (C=O) groups is 1. The fourth-order valence-corrected chi connectivity index (χ4v) is 2.57. The number of carbonyl (C=O) groups excluding carboxylic acids is 1. The van der Waals surface area contributed by atoms with E-state index >= 15 is 0 Å². The third-order valence-electron chi connectivity index (χ3n) is 4.26. The zero-order chi connectivity index (χ0) is 14.5. The summed E-state index contributed by atoms with van der Waals surface area (Å²) in [5, 5.41) is 3.04. The Morgan fingerprint density at radius 3 is 2.42 bits per heavy atom. The van der Waals surface area contributed by atoms with Gasteiger partial charge >= 0.3 is 0 Å². The molecule has 0 aromatic heterocycles. The van der Waals surface area contributed by atoms with Crippen molar-refractivity contribution in [1.82, 2.24) is 5.32 Å². The van der Waals surface area contributed by atoms with E-state index in [1.165, 1.54) is 0 Å². The minimum atomic E-state index is -0.00223. The zero-order valence-electron chi connectivity index (χ0n) is 12.3. The molecular formula is C16H24ClNO. The summed E-state index contributed by atoms with van der Waals surface area (Å²) < 4.78 is 0. The second-order valence-corrected chi connectivity index (χ2v) is 5.54. The highest BCUT2D eigenvalue weighted by atomic mass is 35.5. The smallest absolute Gasteiger partial charge is 0.251 e.